The lowest BCUT2D eigenvalue weighted by Gasteiger charge is -2.14. The summed E-state index contributed by atoms with van der Waals surface area (Å²) in [6.07, 6.45) is 3.30. The second-order valence-corrected chi connectivity index (χ2v) is 4.38. The van der Waals surface area contributed by atoms with E-state index >= 15 is 0 Å². The van der Waals surface area contributed by atoms with E-state index < -0.39 is 0 Å². The van der Waals surface area contributed by atoms with Crippen molar-refractivity contribution in [3.63, 3.8) is 0 Å². The number of hydrogen-bond donors (Lipinski definition) is 0. The van der Waals surface area contributed by atoms with Crippen LogP contribution >= 0.6 is 22.6 Å². The first-order valence-electron chi connectivity index (χ1n) is 4.16. The summed E-state index contributed by atoms with van der Waals surface area (Å²) in [5.41, 5.74) is 0. The molecule has 1 aliphatic heterocycles. The van der Waals surface area contributed by atoms with E-state index in [9.17, 15) is 4.79 Å². The van der Waals surface area contributed by atoms with E-state index in [1.54, 1.807) is 0 Å². The van der Waals surface area contributed by atoms with Crippen LogP contribution in [0.1, 0.15) is 19.3 Å². The predicted octanol–water partition coefficient (Wildman–Crippen LogP) is 1.43. The van der Waals surface area contributed by atoms with E-state index in [0.29, 0.717) is 17.9 Å². The second kappa shape index (κ2) is 2.92. The van der Waals surface area contributed by atoms with Gasteiger partial charge in [0.25, 0.3) is 0 Å². The Labute approximate surface area is 80.5 Å². The SMILES string of the molecule is O=C1C[C@H](CI)CN1C1CC1. The van der Waals surface area contributed by atoms with Gasteiger partial charge in [-0.3, -0.25) is 4.79 Å². The van der Waals surface area contributed by atoms with Crippen LogP contribution in [0.15, 0.2) is 0 Å². The van der Waals surface area contributed by atoms with Crippen LogP contribution in [0.4, 0.5) is 0 Å². The molecule has 0 N–H and O–H groups in total. The fourth-order valence-electron chi connectivity index (χ4n) is 1.65. The highest BCUT2D eigenvalue weighted by Crippen LogP contribution is 2.32. The highest BCUT2D eigenvalue weighted by atomic mass is 127. The van der Waals surface area contributed by atoms with Crippen molar-refractivity contribution in [1.29, 1.82) is 0 Å². The molecule has 0 aromatic rings. The van der Waals surface area contributed by atoms with Crippen molar-refractivity contribution in [2.75, 3.05) is 11.0 Å². The number of carbonyl (C=O) groups excluding carboxylic acids is 1. The van der Waals surface area contributed by atoms with Gasteiger partial charge in [0.05, 0.1) is 0 Å². The molecule has 1 heterocycles. The minimum absolute atomic E-state index is 0.397. The summed E-state index contributed by atoms with van der Waals surface area (Å²) in [7, 11) is 0. The van der Waals surface area contributed by atoms with Gasteiger partial charge in [-0.15, -0.1) is 0 Å². The molecule has 1 amide bonds. The average Bonchev–Trinajstić information content (AvgIpc) is 2.76. The van der Waals surface area contributed by atoms with Crippen molar-refractivity contribution in [3.05, 3.63) is 0 Å². The van der Waals surface area contributed by atoms with Gasteiger partial charge in [-0.1, -0.05) is 22.6 Å². The van der Waals surface area contributed by atoms with Crippen molar-refractivity contribution >= 4 is 28.5 Å². The molecule has 0 unspecified atom stereocenters. The van der Waals surface area contributed by atoms with Crippen LogP contribution in [0.5, 0.6) is 0 Å². The number of nitrogens with zero attached hydrogens (tertiary/aromatic N) is 1. The van der Waals surface area contributed by atoms with Gasteiger partial charge in [0.1, 0.15) is 0 Å². The molecule has 1 aliphatic carbocycles. The third-order valence-electron chi connectivity index (χ3n) is 2.44. The Balaban J connectivity index is 1.96. The molecule has 2 nitrogen and oxygen atoms in total. The summed E-state index contributed by atoms with van der Waals surface area (Å²) < 4.78 is 1.13. The smallest absolute Gasteiger partial charge is 0.223 e. The lowest BCUT2D eigenvalue weighted by atomic mass is 10.2. The first kappa shape index (κ1) is 7.83. The molecular weight excluding hydrogens is 253 g/mol. The fourth-order valence-corrected chi connectivity index (χ4v) is 2.24. The predicted molar refractivity (Wildman–Crippen MR) is 51.7 cm³/mol. The molecule has 0 bridgehead atoms. The van der Waals surface area contributed by atoms with Crippen LogP contribution in [-0.2, 0) is 4.79 Å². The van der Waals surface area contributed by atoms with Gasteiger partial charge in [0.2, 0.25) is 5.91 Å². The zero-order valence-corrected chi connectivity index (χ0v) is 8.58. The molecule has 3 heteroatoms. The zero-order valence-electron chi connectivity index (χ0n) is 6.42. The Morgan fingerprint density at radius 2 is 2.27 bits per heavy atom. The van der Waals surface area contributed by atoms with E-state index in [-0.39, 0.29) is 0 Å². The number of carbonyl (C=O) groups is 1. The molecule has 1 atom stereocenters. The Morgan fingerprint density at radius 1 is 1.55 bits per heavy atom. The molecule has 11 heavy (non-hydrogen) atoms. The van der Waals surface area contributed by atoms with Crippen molar-refractivity contribution in [1.82, 2.24) is 4.90 Å². The Morgan fingerprint density at radius 3 is 2.73 bits per heavy atom. The number of halogens is 1. The van der Waals surface area contributed by atoms with Gasteiger partial charge < -0.3 is 4.90 Å². The van der Waals surface area contributed by atoms with Gasteiger partial charge in [-0.2, -0.15) is 0 Å². The van der Waals surface area contributed by atoms with Crippen LogP contribution in [0.3, 0.4) is 0 Å². The lowest BCUT2D eigenvalue weighted by Crippen LogP contribution is -2.27. The lowest BCUT2D eigenvalue weighted by molar-refractivity contribution is -0.128. The molecule has 1 saturated carbocycles. The van der Waals surface area contributed by atoms with Gasteiger partial charge in [0.15, 0.2) is 0 Å². The largest absolute Gasteiger partial charge is 0.339 e. The monoisotopic (exact) mass is 265 g/mol. The van der Waals surface area contributed by atoms with Crippen molar-refractivity contribution in [2.24, 2.45) is 5.92 Å². The van der Waals surface area contributed by atoms with Crippen LogP contribution in [0.25, 0.3) is 0 Å². The van der Waals surface area contributed by atoms with Crippen molar-refractivity contribution in [3.8, 4) is 0 Å². The first-order valence-corrected chi connectivity index (χ1v) is 5.69. The molecule has 2 rings (SSSR count). The van der Waals surface area contributed by atoms with Gasteiger partial charge >= 0.3 is 0 Å². The summed E-state index contributed by atoms with van der Waals surface area (Å²) in [4.78, 5) is 13.4. The second-order valence-electron chi connectivity index (χ2n) is 3.50. The topological polar surface area (TPSA) is 20.3 Å². The molecule has 0 spiro atoms. The highest BCUT2D eigenvalue weighted by Gasteiger charge is 2.38. The van der Waals surface area contributed by atoms with E-state index in [4.69, 9.17) is 0 Å². The third-order valence-corrected chi connectivity index (χ3v) is 3.69. The standard InChI is InChI=1S/C8H12INO/c9-4-6-3-8(11)10(5-6)7-1-2-7/h6-7H,1-5H2/t6-/m1/s1. The van der Waals surface area contributed by atoms with Crippen molar-refractivity contribution in [2.45, 2.75) is 25.3 Å². The third kappa shape index (κ3) is 1.53. The first-order chi connectivity index (χ1) is 5.31. The average molecular weight is 265 g/mol. The van der Waals surface area contributed by atoms with Crippen molar-refractivity contribution < 1.29 is 4.79 Å². The quantitative estimate of drug-likeness (QED) is 0.546. The highest BCUT2D eigenvalue weighted by molar-refractivity contribution is 14.1. The summed E-state index contributed by atoms with van der Waals surface area (Å²) in [6.45, 7) is 1.03. The van der Waals surface area contributed by atoms with E-state index in [0.717, 1.165) is 17.4 Å². The normalized spacial score (nSPS) is 31.5. The molecule has 1 saturated heterocycles. The maximum absolute atomic E-state index is 11.3. The molecule has 2 aliphatic rings. The minimum atomic E-state index is 0.397. The summed E-state index contributed by atoms with van der Waals surface area (Å²) in [5.74, 6) is 1.04. The van der Waals surface area contributed by atoms with Crippen LogP contribution in [0.2, 0.25) is 0 Å². The summed E-state index contributed by atoms with van der Waals surface area (Å²) in [5, 5.41) is 0. The number of rotatable bonds is 2. The van der Waals surface area contributed by atoms with Crippen LogP contribution in [0, 0.1) is 5.92 Å². The van der Waals surface area contributed by atoms with E-state index in [1.165, 1.54) is 12.8 Å². The van der Waals surface area contributed by atoms with E-state index in [2.05, 4.69) is 27.5 Å². The zero-order chi connectivity index (χ0) is 7.84. The van der Waals surface area contributed by atoms with Gasteiger partial charge in [0, 0.05) is 23.4 Å². The molecule has 0 aromatic carbocycles. The molecule has 0 aromatic heterocycles. The number of alkyl halides is 1. The number of hydrogen-bond acceptors (Lipinski definition) is 1. The van der Waals surface area contributed by atoms with Gasteiger partial charge in [-0.25, -0.2) is 0 Å². The molecule has 2 fully saturated rings. The van der Waals surface area contributed by atoms with Gasteiger partial charge in [-0.05, 0) is 18.8 Å². The Bertz CT molecular complexity index is 179. The number of likely N-dealkylation sites (tertiary alicyclic amines) is 1. The van der Waals surface area contributed by atoms with Crippen LogP contribution < -0.4 is 0 Å². The Hall–Kier alpha value is 0.200. The number of amides is 1. The maximum atomic E-state index is 11.3. The molecule has 62 valence electrons. The molecular formula is C8H12INO. The van der Waals surface area contributed by atoms with E-state index in [1.807, 2.05) is 0 Å². The van der Waals surface area contributed by atoms with Crippen LogP contribution in [-0.4, -0.2) is 27.8 Å². The summed E-state index contributed by atoms with van der Waals surface area (Å²) >= 11 is 2.37. The maximum Gasteiger partial charge on any atom is 0.223 e. The summed E-state index contributed by atoms with van der Waals surface area (Å²) in [6, 6.07) is 0.635. The fraction of sp³-hybridized carbons (Fsp3) is 0.875. The molecule has 0 radical (unpaired) electrons. The minimum Gasteiger partial charge on any atom is -0.339 e. The Kier molecular flexibility index (Phi) is 2.08.